The Morgan fingerprint density at radius 3 is 1.41 bits per heavy atom. The Kier molecular flexibility index (Phi) is 11.6. The molecule has 4 rings (SSSR count). The maximum atomic E-state index is 13.1. The van der Waals surface area contributed by atoms with Gasteiger partial charge in [0.1, 0.15) is 55.9 Å². The number of carbonyl (C=O) groups excluding carboxylic acids is 2. The third kappa shape index (κ3) is 9.31. The highest BCUT2D eigenvalue weighted by atomic mass is 32.2. The lowest BCUT2D eigenvalue weighted by molar-refractivity contribution is 0.0127. The van der Waals surface area contributed by atoms with Gasteiger partial charge in [0.05, 0.1) is 20.9 Å². The topological polar surface area (TPSA) is 227 Å². The molecule has 49 heavy (non-hydrogen) atoms. The molecule has 0 saturated carbocycles. The summed E-state index contributed by atoms with van der Waals surface area (Å²) in [7, 11) is -3.94. The average molecular weight is 699 g/mol. The largest absolute Gasteiger partial charge is 0.508 e. The Morgan fingerprint density at radius 1 is 0.612 bits per heavy atom. The lowest BCUT2D eigenvalue weighted by Crippen LogP contribution is -2.25. The van der Waals surface area contributed by atoms with Crippen molar-refractivity contribution in [3.05, 3.63) is 95.1 Å². The van der Waals surface area contributed by atoms with Crippen LogP contribution in [0.1, 0.15) is 31.8 Å². The van der Waals surface area contributed by atoms with Crippen molar-refractivity contribution < 1.29 is 67.6 Å². The molecule has 0 aliphatic rings. The van der Waals surface area contributed by atoms with Gasteiger partial charge in [0.2, 0.25) is 9.84 Å². The third-order valence-electron chi connectivity index (χ3n) is 7.15. The summed E-state index contributed by atoms with van der Waals surface area (Å²) in [5.74, 6) is -3.51. The predicted octanol–water partition coefficient (Wildman–Crippen LogP) is 3.15. The van der Waals surface area contributed by atoms with Crippen molar-refractivity contribution in [3.63, 3.8) is 0 Å². The fourth-order valence-corrected chi connectivity index (χ4v) is 5.50. The van der Waals surface area contributed by atoms with Crippen molar-refractivity contribution in [3.8, 4) is 34.5 Å². The maximum Gasteiger partial charge on any atom is 0.338 e. The van der Waals surface area contributed by atoms with Gasteiger partial charge in [0, 0.05) is 0 Å². The Labute approximate surface area is 280 Å². The molecule has 260 valence electrons. The summed E-state index contributed by atoms with van der Waals surface area (Å²) in [6.07, 6.45) is -2.46. The number of rotatable bonds is 14. The number of aromatic hydroxyl groups is 4. The van der Waals surface area contributed by atoms with E-state index in [1.165, 1.54) is 54.6 Å². The van der Waals surface area contributed by atoms with Crippen molar-refractivity contribution in [1.82, 2.24) is 0 Å². The number of carbonyl (C=O) groups is 2. The first-order valence-electron chi connectivity index (χ1n) is 14.6. The Balaban J connectivity index is 1.23. The molecule has 0 radical (unpaired) electrons. The first-order chi connectivity index (χ1) is 23.1. The number of aliphatic hydroxyl groups is 2. The van der Waals surface area contributed by atoms with Crippen LogP contribution in [0.3, 0.4) is 0 Å². The van der Waals surface area contributed by atoms with E-state index in [9.17, 15) is 48.6 Å². The Hall–Kier alpha value is -5.51. The van der Waals surface area contributed by atoms with Crippen LogP contribution in [-0.2, 0) is 19.3 Å². The molecular formula is C34H34O14S. The summed E-state index contributed by atoms with van der Waals surface area (Å²) in [6, 6.07) is 15.5. The van der Waals surface area contributed by atoms with Crippen LogP contribution in [0.25, 0.3) is 0 Å². The van der Waals surface area contributed by atoms with Gasteiger partial charge in [0.25, 0.3) is 0 Å². The molecule has 14 nitrogen and oxygen atoms in total. The highest BCUT2D eigenvalue weighted by Crippen LogP contribution is 2.35. The van der Waals surface area contributed by atoms with E-state index in [-0.39, 0.29) is 58.0 Å². The summed E-state index contributed by atoms with van der Waals surface area (Å²) in [6.45, 7) is 2.02. The number of phenolic OH excluding ortho intramolecular Hbond substituents is 4. The van der Waals surface area contributed by atoms with Gasteiger partial charge in [-0.3, -0.25) is 0 Å². The van der Waals surface area contributed by atoms with Crippen molar-refractivity contribution in [2.24, 2.45) is 0 Å². The van der Waals surface area contributed by atoms with Crippen molar-refractivity contribution in [1.29, 1.82) is 0 Å². The van der Waals surface area contributed by atoms with E-state index in [1.54, 1.807) is 19.9 Å². The van der Waals surface area contributed by atoms with E-state index in [1.807, 2.05) is 0 Å². The van der Waals surface area contributed by atoms with Gasteiger partial charge >= 0.3 is 11.9 Å². The molecule has 4 aromatic carbocycles. The van der Waals surface area contributed by atoms with Gasteiger partial charge in [-0.2, -0.15) is 0 Å². The van der Waals surface area contributed by atoms with E-state index in [0.29, 0.717) is 11.1 Å². The fraction of sp³-hybridized carbons (Fsp3) is 0.235. The van der Waals surface area contributed by atoms with E-state index in [4.69, 9.17) is 18.9 Å². The van der Waals surface area contributed by atoms with Crippen LogP contribution >= 0.6 is 0 Å². The van der Waals surface area contributed by atoms with Crippen LogP contribution in [0.2, 0.25) is 0 Å². The molecule has 0 heterocycles. The number of aliphatic hydroxyl groups excluding tert-OH is 2. The third-order valence-corrected chi connectivity index (χ3v) is 8.93. The number of sulfone groups is 1. The second-order valence-corrected chi connectivity index (χ2v) is 12.8. The van der Waals surface area contributed by atoms with Gasteiger partial charge < -0.3 is 49.6 Å². The Bertz CT molecular complexity index is 1730. The van der Waals surface area contributed by atoms with Gasteiger partial charge in [0.15, 0.2) is 17.2 Å². The number of phenols is 4. The maximum absolute atomic E-state index is 13.1. The minimum absolute atomic E-state index is 0.0351. The molecule has 2 atom stereocenters. The lowest BCUT2D eigenvalue weighted by atomic mass is 10.1. The second kappa shape index (κ2) is 15.6. The van der Waals surface area contributed by atoms with Gasteiger partial charge in [-0.1, -0.05) is 0 Å². The quantitative estimate of drug-likeness (QED) is 0.0822. The zero-order chi connectivity index (χ0) is 35.9. The minimum Gasteiger partial charge on any atom is -0.508 e. The van der Waals surface area contributed by atoms with E-state index >= 15 is 0 Å². The molecular weight excluding hydrogens is 664 g/mol. The normalized spacial score (nSPS) is 12.5. The summed E-state index contributed by atoms with van der Waals surface area (Å²) in [5.41, 5.74) is 1.23. The highest BCUT2D eigenvalue weighted by molar-refractivity contribution is 7.91. The summed E-state index contributed by atoms with van der Waals surface area (Å²) in [5, 5.41) is 58.6. The molecule has 0 saturated heterocycles. The molecule has 0 bridgehead atoms. The van der Waals surface area contributed by atoms with Gasteiger partial charge in [-0.25, -0.2) is 18.0 Å². The minimum atomic E-state index is -3.94. The average Bonchev–Trinajstić information content (AvgIpc) is 3.08. The molecule has 15 heteroatoms. The van der Waals surface area contributed by atoms with Gasteiger partial charge in [-0.05, 0) is 97.8 Å². The predicted molar refractivity (Wildman–Crippen MR) is 171 cm³/mol. The zero-order valence-electron chi connectivity index (χ0n) is 26.3. The lowest BCUT2D eigenvalue weighted by Gasteiger charge is -2.14. The number of benzene rings is 4. The SMILES string of the molecule is Cc1cc(C(=O)OCC(O)COc2ccc(S(=O)(=O)c3ccc(OCC(O)COC(=O)c4cc(O)c(O)c(O)c4)cc3)cc2)cc(O)c1C. The monoisotopic (exact) mass is 698 g/mol. The molecule has 0 aliphatic carbocycles. The standard InChI is InChI=1S/C34H34O14S/c1-19-11-21(12-29(37)20(19)2)33(41)47-17-23(35)15-45-25-3-7-27(8-4-25)49(43,44)28-9-5-26(6-10-28)46-16-24(36)18-48-34(42)22-13-30(38)32(40)31(39)14-22/h3-14,23-24,35-40H,15-18H2,1-2H3. The Morgan fingerprint density at radius 2 is 1.00 bits per heavy atom. The molecule has 6 N–H and O–H groups in total. The number of esters is 2. The van der Waals surface area contributed by atoms with Crippen LogP contribution in [0.5, 0.6) is 34.5 Å². The first-order valence-corrected chi connectivity index (χ1v) is 16.1. The number of hydrogen-bond acceptors (Lipinski definition) is 14. The van der Waals surface area contributed by atoms with E-state index < -0.39 is 57.8 Å². The molecule has 0 amide bonds. The van der Waals surface area contributed by atoms with Crippen LogP contribution < -0.4 is 9.47 Å². The number of aryl methyl sites for hydroxylation is 1. The summed E-state index contributed by atoms with van der Waals surface area (Å²) in [4.78, 5) is 24.3. The zero-order valence-corrected chi connectivity index (χ0v) is 27.1. The van der Waals surface area contributed by atoms with E-state index in [2.05, 4.69) is 0 Å². The van der Waals surface area contributed by atoms with Gasteiger partial charge in [-0.15, -0.1) is 0 Å². The molecule has 2 unspecified atom stereocenters. The number of ether oxygens (including phenoxy) is 4. The molecule has 4 aromatic rings. The van der Waals surface area contributed by atoms with Crippen molar-refractivity contribution in [2.45, 2.75) is 35.8 Å². The highest BCUT2D eigenvalue weighted by Gasteiger charge is 2.20. The second-order valence-electron chi connectivity index (χ2n) is 10.9. The molecule has 0 aromatic heterocycles. The molecule has 0 fully saturated rings. The van der Waals surface area contributed by atoms with Crippen molar-refractivity contribution in [2.75, 3.05) is 26.4 Å². The van der Waals surface area contributed by atoms with E-state index in [0.717, 1.165) is 12.1 Å². The summed E-state index contributed by atoms with van der Waals surface area (Å²) < 4.78 is 47.2. The summed E-state index contributed by atoms with van der Waals surface area (Å²) >= 11 is 0. The van der Waals surface area contributed by atoms with Crippen molar-refractivity contribution >= 4 is 21.8 Å². The van der Waals surface area contributed by atoms with Crippen LogP contribution in [-0.4, -0.2) is 89.6 Å². The first kappa shape index (κ1) is 36.3. The van der Waals surface area contributed by atoms with Crippen LogP contribution in [0, 0.1) is 13.8 Å². The smallest absolute Gasteiger partial charge is 0.338 e. The molecule has 0 spiro atoms. The van der Waals surface area contributed by atoms with Crippen LogP contribution in [0.15, 0.2) is 82.6 Å². The molecule has 0 aliphatic heterocycles. The van der Waals surface area contributed by atoms with Crippen LogP contribution in [0.4, 0.5) is 0 Å². The fourth-order valence-electron chi connectivity index (χ4n) is 4.24. The number of hydrogen-bond donors (Lipinski definition) is 6.